The van der Waals surface area contributed by atoms with E-state index in [-0.39, 0.29) is 29.7 Å². The summed E-state index contributed by atoms with van der Waals surface area (Å²) in [5.74, 6) is -0.331. The third kappa shape index (κ3) is 4.69. The Morgan fingerprint density at radius 3 is 2.49 bits per heavy atom. The Morgan fingerprint density at radius 2 is 1.89 bits per heavy atom. The molecule has 2 aromatic rings. The second-order valence-corrected chi connectivity index (χ2v) is 11.9. The molecule has 1 aliphatic carbocycles. The van der Waals surface area contributed by atoms with Crippen LogP contribution in [0.4, 0.5) is 9.18 Å². The molecule has 3 aliphatic rings. The van der Waals surface area contributed by atoms with Gasteiger partial charge in [-0.05, 0) is 36.8 Å². The number of rotatable bonds is 7. The molecule has 1 N–H and O–H groups in total. The van der Waals surface area contributed by atoms with Gasteiger partial charge in [0.25, 0.3) is 0 Å². The van der Waals surface area contributed by atoms with Crippen molar-refractivity contribution in [3.63, 3.8) is 0 Å². The first kappa shape index (κ1) is 24.2. The number of nitrogens with one attached hydrogen (secondary N) is 1. The highest BCUT2D eigenvalue weighted by Crippen LogP contribution is 2.56. The van der Waals surface area contributed by atoms with Crippen molar-refractivity contribution in [3.8, 4) is 11.1 Å². The first-order valence-electron chi connectivity index (χ1n) is 12.1. The van der Waals surface area contributed by atoms with Crippen LogP contribution in [0.25, 0.3) is 11.1 Å². The standard InChI is InChI=1S/C26H32FN3O4S/c1-34-16-20-11-14-29(20)25(31)30-17-26(12-13-26)24(28-35(2,32)33)22(30)15-19-9-6-10-21(23(19)27)18-7-4-3-5-8-18/h3-10,20,22,24,28H,11-17H2,1-2H3/t20-,22+,24-/m1/s1. The van der Waals surface area contributed by atoms with Gasteiger partial charge in [-0.15, -0.1) is 0 Å². The quantitative estimate of drug-likeness (QED) is 0.632. The van der Waals surface area contributed by atoms with Gasteiger partial charge in [0.1, 0.15) is 5.82 Å². The molecule has 0 aromatic heterocycles. The van der Waals surface area contributed by atoms with E-state index in [1.54, 1.807) is 29.0 Å². The zero-order chi connectivity index (χ0) is 24.8. The summed E-state index contributed by atoms with van der Waals surface area (Å²) in [5.41, 5.74) is 1.46. The molecule has 7 nitrogen and oxygen atoms in total. The van der Waals surface area contributed by atoms with Crippen LogP contribution < -0.4 is 4.72 Å². The van der Waals surface area contributed by atoms with E-state index in [1.807, 2.05) is 36.4 Å². The lowest BCUT2D eigenvalue weighted by atomic mass is 9.91. The molecule has 3 fully saturated rings. The van der Waals surface area contributed by atoms with Crippen LogP contribution in [0, 0.1) is 11.2 Å². The van der Waals surface area contributed by atoms with Crippen molar-refractivity contribution >= 4 is 16.1 Å². The Balaban J connectivity index is 1.48. The number of sulfonamides is 1. The number of carbonyl (C=O) groups is 1. The topological polar surface area (TPSA) is 79.0 Å². The number of benzene rings is 2. The molecule has 0 radical (unpaired) electrons. The summed E-state index contributed by atoms with van der Waals surface area (Å²) in [6.45, 7) is 1.58. The molecule has 5 rings (SSSR count). The van der Waals surface area contributed by atoms with Gasteiger partial charge in [-0.1, -0.05) is 48.5 Å². The highest BCUT2D eigenvalue weighted by atomic mass is 32.2. The molecule has 1 spiro atoms. The third-order valence-corrected chi connectivity index (χ3v) is 8.43. The van der Waals surface area contributed by atoms with E-state index in [2.05, 4.69) is 4.72 Å². The molecule has 188 valence electrons. The number of halogens is 1. The third-order valence-electron chi connectivity index (χ3n) is 7.75. The van der Waals surface area contributed by atoms with Gasteiger partial charge < -0.3 is 14.5 Å². The van der Waals surface area contributed by atoms with Crippen LogP contribution in [0.2, 0.25) is 0 Å². The normalized spacial score (nSPS) is 25.1. The van der Waals surface area contributed by atoms with Crippen molar-refractivity contribution in [2.24, 2.45) is 5.41 Å². The van der Waals surface area contributed by atoms with Crippen LogP contribution in [0.3, 0.4) is 0 Å². The highest BCUT2D eigenvalue weighted by Gasteiger charge is 2.62. The van der Waals surface area contributed by atoms with E-state index in [4.69, 9.17) is 4.74 Å². The molecule has 2 aromatic carbocycles. The first-order chi connectivity index (χ1) is 16.7. The van der Waals surface area contributed by atoms with Crippen LogP contribution >= 0.6 is 0 Å². The van der Waals surface area contributed by atoms with Crippen molar-refractivity contribution < 1.29 is 22.3 Å². The maximum absolute atomic E-state index is 15.7. The smallest absolute Gasteiger partial charge is 0.320 e. The molecule has 9 heteroatoms. The molecule has 0 unspecified atom stereocenters. The van der Waals surface area contributed by atoms with Crippen LogP contribution in [0.1, 0.15) is 24.8 Å². The summed E-state index contributed by atoms with van der Waals surface area (Å²) in [5, 5.41) is 0. The van der Waals surface area contributed by atoms with E-state index >= 15 is 4.39 Å². The van der Waals surface area contributed by atoms with Gasteiger partial charge in [0.05, 0.1) is 24.9 Å². The van der Waals surface area contributed by atoms with E-state index in [0.717, 1.165) is 31.1 Å². The van der Waals surface area contributed by atoms with Crippen molar-refractivity contribution in [2.45, 2.75) is 43.8 Å². The fourth-order valence-corrected chi connectivity index (χ4v) is 6.54. The van der Waals surface area contributed by atoms with Gasteiger partial charge in [0, 0.05) is 37.2 Å². The highest BCUT2D eigenvalue weighted by molar-refractivity contribution is 7.88. The van der Waals surface area contributed by atoms with Crippen LogP contribution in [0.15, 0.2) is 48.5 Å². The monoisotopic (exact) mass is 501 g/mol. The fourth-order valence-electron chi connectivity index (χ4n) is 5.67. The second-order valence-electron chi connectivity index (χ2n) is 10.1. The molecule has 3 atom stereocenters. The number of methoxy groups -OCH3 is 1. The van der Waals surface area contributed by atoms with E-state index in [9.17, 15) is 13.2 Å². The predicted octanol–water partition coefficient (Wildman–Crippen LogP) is 3.26. The van der Waals surface area contributed by atoms with E-state index in [1.165, 1.54) is 0 Å². The Labute approximate surface area is 206 Å². The van der Waals surface area contributed by atoms with Crippen molar-refractivity contribution in [3.05, 3.63) is 59.9 Å². The number of nitrogens with zero attached hydrogens (tertiary/aromatic N) is 2. The number of urea groups is 1. The minimum atomic E-state index is -3.52. The Bertz CT molecular complexity index is 1200. The number of carbonyl (C=O) groups excluding carboxylic acids is 1. The lowest BCUT2D eigenvalue weighted by Gasteiger charge is -2.44. The summed E-state index contributed by atoms with van der Waals surface area (Å²) >= 11 is 0. The van der Waals surface area contributed by atoms with E-state index < -0.39 is 22.1 Å². The number of likely N-dealkylation sites (tertiary alicyclic amines) is 2. The molecule has 2 heterocycles. The van der Waals surface area contributed by atoms with Crippen molar-refractivity contribution in [1.29, 1.82) is 0 Å². The summed E-state index contributed by atoms with van der Waals surface area (Å²) in [6, 6.07) is 13.6. The Morgan fingerprint density at radius 1 is 1.14 bits per heavy atom. The van der Waals surface area contributed by atoms with E-state index in [0.29, 0.717) is 30.8 Å². The van der Waals surface area contributed by atoms with Gasteiger partial charge in [-0.2, -0.15) is 0 Å². The average molecular weight is 502 g/mol. The lowest BCUT2D eigenvalue weighted by molar-refractivity contribution is 0.0324. The maximum atomic E-state index is 15.7. The Hall–Kier alpha value is -2.49. The second kappa shape index (κ2) is 9.19. The summed E-state index contributed by atoms with van der Waals surface area (Å²) in [4.78, 5) is 17.2. The number of ether oxygens (including phenoxy) is 1. The molecule has 0 bridgehead atoms. The minimum Gasteiger partial charge on any atom is -0.383 e. The largest absolute Gasteiger partial charge is 0.383 e. The van der Waals surface area contributed by atoms with Gasteiger partial charge in [0.2, 0.25) is 10.0 Å². The number of hydrogen-bond acceptors (Lipinski definition) is 4. The zero-order valence-electron chi connectivity index (χ0n) is 20.1. The predicted molar refractivity (Wildman–Crippen MR) is 132 cm³/mol. The lowest BCUT2D eigenvalue weighted by Crippen LogP contribution is -2.59. The molecular weight excluding hydrogens is 469 g/mol. The Kier molecular flexibility index (Phi) is 6.35. The molecular formula is C26H32FN3O4S. The molecule has 2 aliphatic heterocycles. The molecule has 2 saturated heterocycles. The minimum absolute atomic E-state index is 0.0170. The fraction of sp³-hybridized carbons (Fsp3) is 0.500. The van der Waals surface area contributed by atoms with Crippen LogP contribution in [0.5, 0.6) is 0 Å². The van der Waals surface area contributed by atoms with Gasteiger partial charge >= 0.3 is 6.03 Å². The van der Waals surface area contributed by atoms with Crippen molar-refractivity contribution in [1.82, 2.24) is 14.5 Å². The van der Waals surface area contributed by atoms with Crippen LogP contribution in [-0.2, 0) is 21.2 Å². The molecule has 35 heavy (non-hydrogen) atoms. The number of hydrogen-bond donors (Lipinski definition) is 1. The average Bonchev–Trinajstić information content (AvgIpc) is 3.53. The van der Waals surface area contributed by atoms with Gasteiger partial charge in [0.15, 0.2) is 0 Å². The first-order valence-corrected chi connectivity index (χ1v) is 14.0. The SMILES string of the molecule is COC[C@H]1CCN1C(=O)N1CC2(CC2)[C@H](NS(C)(=O)=O)[C@@H]1Cc1cccc(-c2ccccc2)c1F. The number of amides is 2. The zero-order valence-corrected chi connectivity index (χ0v) is 20.9. The summed E-state index contributed by atoms with van der Waals surface area (Å²) in [7, 11) is -1.90. The molecule has 1 saturated carbocycles. The molecule has 2 amide bonds. The summed E-state index contributed by atoms with van der Waals surface area (Å²) in [6.07, 6.45) is 3.94. The maximum Gasteiger partial charge on any atom is 0.320 e. The summed E-state index contributed by atoms with van der Waals surface area (Å²) < 4.78 is 48.4. The van der Waals surface area contributed by atoms with Crippen molar-refractivity contribution in [2.75, 3.05) is 33.1 Å². The van der Waals surface area contributed by atoms with Crippen LogP contribution in [-0.4, -0.2) is 75.4 Å². The van der Waals surface area contributed by atoms with Gasteiger partial charge in [-0.3, -0.25) is 0 Å². The van der Waals surface area contributed by atoms with Gasteiger partial charge in [-0.25, -0.2) is 22.3 Å².